The number of hydrogen-bond donors (Lipinski definition) is 3. The minimum atomic E-state index is -0.807. The molecule has 2 fully saturated rings. The fourth-order valence-corrected chi connectivity index (χ4v) is 6.91. The molecule has 4 aliphatic rings. The van der Waals surface area contributed by atoms with Crippen LogP contribution in [0.15, 0.2) is 30.5 Å². The minimum absolute atomic E-state index is 0.0967. The van der Waals surface area contributed by atoms with Gasteiger partial charge in [-0.15, -0.1) is 0 Å². The van der Waals surface area contributed by atoms with E-state index >= 15 is 0 Å². The van der Waals surface area contributed by atoms with Crippen LogP contribution < -0.4 is 26.0 Å². The zero-order valence-corrected chi connectivity index (χ0v) is 24.5. The van der Waals surface area contributed by atoms with E-state index in [1.165, 1.54) is 6.20 Å². The molecule has 2 aromatic rings. The second-order valence-electron chi connectivity index (χ2n) is 11.0. The number of fused-ring (bicyclic) bond motifs is 3. The fourth-order valence-electron chi connectivity index (χ4n) is 6.77. The molecule has 2 bridgehead atoms. The number of nitrogens with zero attached hydrogens (tertiary/aromatic N) is 4. The number of aromatic nitrogens is 2. The van der Waals surface area contributed by atoms with Crippen LogP contribution in [0.3, 0.4) is 0 Å². The molecule has 6 rings (SSSR count). The summed E-state index contributed by atoms with van der Waals surface area (Å²) in [6.07, 6.45) is 6.70. The van der Waals surface area contributed by atoms with E-state index in [0.717, 1.165) is 30.8 Å². The molecule has 3 heterocycles. The molecule has 1 aromatic heterocycles. The number of anilines is 4. The van der Waals surface area contributed by atoms with E-state index in [2.05, 4.69) is 37.7 Å². The van der Waals surface area contributed by atoms with Gasteiger partial charge in [0.15, 0.2) is 5.82 Å². The van der Waals surface area contributed by atoms with E-state index in [0.29, 0.717) is 60.8 Å². The quantitative estimate of drug-likeness (QED) is 0.388. The third-order valence-electron chi connectivity index (χ3n) is 8.69. The van der Waals surface area contributed by atoms with E-state index in [4.69, 9.17) is 31.5 Å². The van der Waals surface area contributed by atoms with Crippen LogP contribution in [0.2, 0.25) is 5.02 Å². The molecule has 12 nitrogen and oxygen atoms in total. The Bertz CT molecular complexity index is 1380. The number of nitrogens with two attached hydrogens (primary N) is 1. The molecule has 2 aliphatic heterocycles. The molecule has 0 unspecified atom stereocenters. The summed E-state index contributed by atoms with van der Waals surface area (Å²) in [6, 6.07) is 3.40. The molecule has 4 N–H and O–H groups in total. The van der Waals surface area contributed by atoms with Gasteiger partial charge in [0, 0.05) is 37.0 Å². The van der Waals surface area contributed by atoms with Gasteiger partial charge in [-0.3, -0.25) is 9.69 Å². The smallest absolute Gasteiger partial charge is 0.404 e. The van der Waals surface area contributed by atoms with Crippen molar-refractivity contribution in [1.82, 2.24) is 14.9 Å². The summed E-state index contributed by atoms with van der Waals surface area (Å²) in [7, 11) is 1.63. The molecule has 1 saturated heterocycles. The number of likely N-dealkylation sites (N-methyl/N-ethyl adjacent to an activating group) is 1. The summed E-state index contributed by atoms with van der Waals surface area (Å²) in [4.78, 5) is 38.3. The highest BCUT2D eigenvalue weighted by molar-refractivity contribution is 6.32. The summed E-state index contributed by atoms with van der Waals surface area (Å²) >= 11 is 6.49. The van der Waals surface area contributed by atoms with Crippen molar-refractivity contribution in [2.75, 3.05) is 55.5 Å². The predicted octanol–water partition coefficient (Wildman–Crippen LogP) is 3.33. The minimum Gasteiger partial charge on any atom is -0.494 e. The van der Waals surface area contributed by atoms with Crippen LogP contribution in [0, 0.1) is 11.8 Å². The first-order valence-electron chi connectivity index (χ1n) is 14.4. The third-order valence-corrected chi connectivity index (χ3v) is 8.96. The number of hydrogen-bond acceptors (Lipinski definition) is 10. The number of methoxy groups -OCH3 is 1. The number of ether oxygens (including phenoxy) is 3. The maximum Gasteiger partial charge on any atom is 0.404 e. The Kier molecular flexibility index (Phi) is 8.11. The van der Waals surface area contributed by atoms with Crippen LogP contribution in [-0.4, -0.2) is 85.0 Å². The van der Waals surface area contributed by atoms with Gasteiger partial charge in [0.2, 0.25) is 11.9 Å². The van der Waals surface area contributed by atoms with Crippen molar-refractivity contribution in [3.8, 4) is 5.75 Å². The van der Waals surface area contributed by atoms with Gasteiger partial charge in [-0.25, -0.2) is 9.78 Å². The third kappa shape index (κ3) is 5.34. The summed E-state index contributed by atoms with van der Waals surface area (Å²) in [5.74, 6) is 1.74. The Morgan fingerprint density at radius 1 is 1.24 bits per heavy atom. The summed E-state index contributed by atoms with van der Waals surface area (Å²) in [5.41, 5.74) is 7.83. The average molecular weight is 598 g/mol. The van der Waals surface area contributed by atoms with Gasteiger partial charge in [-0.2, -0.15) is 4.98 Å². The van der Waals surface area contributed by atoms with E-state index < -0.39 is 12.2 Å². The second-order valence-corrected chi connectivity index (χ2v) is 11.4. The predicted molar refractivity (Wildman–Crippen MR) is 158 cm³/mol. The molecule has 224 valence electrons. The fraction of sp³-hybridized carbons (Fsp3) is 0.517. The zero-order chi connectivity index (χ0) is 29.4. The largest absolute Gasteiger partial charge is 0.494 e. The highest BCUT2D eigenvalue weighted by Gasteiger charge is 2.47. The first-order valence-corrected chi connectivity index (χ1v) is 14.8. The highest BCUT2D eigenvalue weighted by Crippen LogP contribution is 2.44. The maximum absolute atomic E-state index is 13.7. The number of halogens is 1. The topological polar surface area (TPSA) is 144 Å². The number of benzene rings is 1. The molecule has 2 amide bonds. The number of nitrogens with one attached hydrogen (secondary N) is 2. The molecular formula is C29H36ClN7O5. The van der Waals surface area contributed by atoms with Gasteiger partial charge < -0.3 is 35.5 Å². The normalized spacial score (nSPS) is 27.0. The SMILES string of the molecule is CCN1C(=O)[C@@H](N2CCOCC2)CCc2c1ccc(Nc1ncc(Cl)c(N[C@H]3[C@@H](OC(N)=O)[C@@H]4C=C[C@H]3C4)n1)c2OC. The molecule has 5 atom stereocenters. The van der Waals surface area contributed by atoms with E-state index in [1.807, 2.05) is 24.0 Å². The molecule has 1 saturated carbocycles. The number of morpholine rings is 1. The lowest BCUT2D eigenvalue weighted by molar-refractivity contribution is -0.125. The molecular weight excluding hydrogens is 562 g/mol. The van der Waals surface area contributed by atoms with Crippen LogP contribution in [0.25, 0.3) is 0 Å². The lowest BCUT2D eigenvalue weighted by Crippen LogP contribution is -2.51. The van der Waals surface area contributed by atoms with Crippen molar-refractivity contribution >= 4 is 46.7 Å². The van der Waals surface area contributed by atoms with Crippen LogP contribution in [-0.2, 0) is 20.7 Å². The van der Waals surface area contributed by atoms with E-state index in [-0.39, 0.29) is 29.8 Å². The average Bonchev–Trinajstić information content (AvgIpc) is 3.55. The lowest BCUT2D eigenvalue weighted by Gasteiger charge is -2.35. The number of amides is 2. The van der Waals surface area contributed by atoms with E-state index in [1.54, 1.807) is 7.11 Å². The van der Waals surface area contributed by atoms with Crippen molar-refractivity contribution in [2.45, 2.75) is 44.4 Å². The van der Waals surface area contributed by atoms with E-state index in [9.17, 15) is 9.59 Å². The molecule has 0 radical (unpaired) electrons. The monoisotopic (exact) mass is 597 g/mol. The van der Waals surface area contributed by atoms with Gasteiger partial charge in [-0.05, 0) is 38.3 Å². The van der Waals surface area contributed by atoms with Gasteiger partial charge in [0.1, 0.15) is 16.9 Å². The Balaban J connectivity index is 1.25. The maximum atomic E-state index is 13.7. The van der Waals surface area contributed by atoms with Gasteiger partial charge in [0.25, 0.3) is 0 Å². The van der Waals surface area contributed by atoms with Gasteiger partial charge >= 0.3 is 6.09 Å². The zero-order valence-electron chi connectivity index (χ0n) is 23.7. The Hall–Kier alpha value is -3.61. The summed E-state index contributed by atoms with van der Waals surface area (Å²) in [5, 5.41) is 6.99. The Labute approximate surface area is 249 Å². The van der Waals surface area contributed by atoms with Crippen LogP contribution >= 0.6 is 11.6 Å². The van der Waals surface area contributed by atoms with Crippen LogP contribution in [0.5, 0.6) is 5.75 Å². The van der Waals surface area contributed by atoms with Crippen LogP contribution in [0.1, 0.15) is 25.3 Å². The van der Waals surface area contributed by atoms with Crippen molar-refractivity contribution in [2.24, 2.45) is 17.6 Å². The number of carbonyl (C=O) groups is 2. The van der Waals surface area contributed by atoms with Gasteiger partial charge in [0.05, 0.1) is 50.0 Å². The molecule has 0 spiro atoms. The summed E-state index contributed by atoms with van der Waals surface area (Å²) in [6.45, 7) is 5.30. The van der Waals surface area contributed by atoms with Crippen molar-refractivity contribution in [1.29, 1.82) is 0 Å². The first-order chi connectivity index (χ1) is 20.4. The van der Waals surface area contributed by atoms with Crippen molar-refractivity contribution in [3.05, 3.63) is 41.1 Å². The molecule has 42 heavy (non-hydrogen) atoms. The van der Waals surface area contributed by atoms with Crippen molar-refractivity contribution < 1.29 is 23.8 Å². The standard InChI is InChI=1S/C29H36ClN7O5/c1-3-37-21-9-7-20(25(40-2)18(21)6-8-22(27(37)38)36-10-12-41-13-11-36)33-29-32-15-19(30)26(35-29)34-23-16-4-5-17(14-16)24(23)42-28(31)39/h4-5,7,9,15-17,22-24H,3,6,8,10-14H2,1-2H3,(H2,31,39)(H2,32,33,34,35)/t16-,17+,22-,23+,24-/m0/s1. The van der Waals surface area contributed by atoms with Gasteiger partial charge in [-0.1, -0.05) is 23.8 Å². The van der Waals surface area contributed by atoms with Crippen LogP contribution in [0.4, 0.5) is 27.9 Å². The highest BCUT2D eigenvalue weighted by atomic mass is 35.5. The number of primary amides is 1. The number of carbonyl (C=O) groups excluding carboxylic acids is 2. The van der Waals surface area contributed by atoms with Crippen molar-refractivity contribution in [3.63, 3.8) is 0 Å². The Morgan fingerprint density at radius 2 is 2.02 bits per heavy atom. The molecule has 13 heteroatoms. The summed E-state index contributed by atoms with van der Waals surface area (Å²) < 4.78 is 16.9. The Morgan fingerprint density at radius 3 is 2.76 bits per heavy atom. The second kappa shape index (κ2) is 11.9. The molecule has 1 aromatic carbocycles. The first kappa shape index (κ1) is 28.5. The lowest BCUT2D eigenvalue weighted by atomic mass is 9.98. The number of rotatable bonds is 8. The molecule has 2 aliphatic carbocycles.